The standard InChI is InChI=1S/C13H10ClFN2O/c1-8-16-5-4-12(17-8)13(18)7-9-2-3-11(15)10(14)6-9/h2-6H,7H2,1H3. The first-order valence-corrected chi connectivity index (χ1v) is 5.71. The maximum atomic E-state index is 13.0. The highest BCUT2D eigenvalue weighted by atomic mass is 35.5. The SMILES string of the molecule is Cc1nccc(C(=O)Cc2ccc(F)c(Cl)c2)n1. The molecule has 0 spiro atoms. The Morgan fingerprint density at radius 2 is 2.17 bits per heavy atom. The van der Waals surface area contributed by atoms with Crippen LogP contribution in [0.5, 0.6) is 0 Å². The van der Waals surface area contributed by atoms with Crippen LogP contribution in [0.4, 0.5) is 4.39 Å². The van der Waals surface area contributed by atoms with Crippen molar-refractivity contribution in [2.75, 3.05) is 0 Å². The van der Waals surface area contributed by atoms with Gasteiger partial charge in [-0.1, -0.05) is 17.7 Å². The Morgan fingerprint density at radius 1 is 1.39 bits per heavy atom. The van der Waals surface area contributed by atoms with E-state index in [0.29, 0.717) is 17.1 Å². The summed E-state index contributed by atoms with van der Waals surface area (Å²) < 4.78 is 13.0. The summed E-state index contributed by atoms with van der Waals surface area (Å²) in [5.74, 6) is -0.105. The average Bonchev–Trinajstić information content (AvgIpc) is 2.34. The monoisotopic (exact) mass is 264 g/mol. The van der Waals surface area contributed by atoms with Crippen LogP contribution >= 0.6 is 11.6 Å². The van der Waals surface area contributed by atoms with Crippen molar-refractivity contribution < 1.29 is 9.18 Å². The normalized spacial score (nSPS) is 10.4. The van der Waals surface area contributed by atoms with Gasteiger partial charge in [-0.25, -0.2) is 14.4 Å². The van der Waals surface area contributed by atoms with Crippen molar-refractivity contribution in [3.63, 3.8) is 0 Å². The quantitative estimate of drug-likeness (QED) is 0.801. The van der Waals surface area contributed by atoms with Crippen LogP contribution in [0.1, 0.15) is 21.9 Å². The van der Waals surface area contributed by atoms with Gasteiger partial charge in [-0.2, -0.15) is 0 Å². The Balaban J connectivity index is 2.18. The van der Waals surface area contributed by atoms with E-state index < -0.39 is 5.82 Å². The molecular formula is C13H10ClFN2O. The largest absolute Gasteiger partial charge is 0.292 e. The Kier molecular flexibility index (Phi) is 3.67. The van der Waals surface area contributed by atoms with E-state index in [2.05, 4.69) is 9.97 Å². The van der Waals surface area contributed by atoms with Gasteiger partial charge < -0.3 is 0 Å². The van der Waals surface area contributed by atoms with Crippen LogP contribution in [-0.2, 0) is 6.42 Å². The third-order valence-corrected chi connectivity index (χ3v) is 2.70. The number of benzene rings is 1. The van der Waals surface area contributed by atoms with Crippen LogP contribution in [0.25, 0.3) is 0 Å². The molecule has 0 aliphatic heterocycles. The van der Waals surface area contributed by atoms with Gasteiger partial charge in [0.1, 0.15) is 17.3 Å². The molecule has 0 N–H and O–H groups in total. The number of aromatic nitrogens is 2. The van der Waals surface area contributed by atoms with Crippen molar-refractivity contribution in [2.24, 2.45) is 0 Å². The minimum atomic E-state index is -0.495. The second kappa shape index (κ2) is 5.23. The minimum Gasteiger partial charge on any atom is -0.292 e. The third-order valence-electron chi connectivity index (χ3n) is 2.41. The lowest BCUT2D eigenvalue weighted by Gasteiger charge is -2.02. The van der Waals surface area contributed by atoms with E-state index >= 15 is 0 Å². The molecule has 1 aromatic heterocycles. The van der Waals surface area contributed by atoms with Crippen LogP contribution in [0.15, 0.2) is 30.5 Å². The van der Waals surface area contributed by atoms with Crippen LogP contribution < -0.4 is 0 Å². The first kappa shape index (κ1) is 12.6. The van der Waals surface area contributed by atoms with Gasteiger partial charge in [-0.15, -0.1) is 0 Å². The van der Waals surface area contributed by atoms with Gasteiger partial charge in [-0.05, 0) is 30.7 Å². The first-order chi connectivity index (χ1) is 8.56. The van der Waals surface area contributed by atoms with E-state index in [4.69, 9.17) is 11.6 Å². The lowest BCUT2D eigenvalue weighted by Crippen LogP contribution is -2.07. The van der Waals surface area contributed by atoms with Gasteiger partial charge in [-0.3, -0.25) is 4.79 Å². The molecule has 0 bridgehead atoms. The zero-order chi connectivity index (χ0) is 13.1. The Bertz CT molecular complexity index is 601. The third kappa shape index (κ3) is 2.90. The van der Waals surface area contributed by atoms with Crippen LogP contribution in [0, 0.1) is 12.7 Å². The summed E-state index contributed by atoms with van der Waals surface area (Å²) in [5, 5.41) is 0.0131. The summed E-state index contributed by atoms with van der Waals surface area (Å²) in [5.41, 5.74) is 1.01. The summed E-state index contributed by atoms with van der Waals surface area (Å²) in [6.07, 6.45) is 1.67. The van der Waals surface area contributed by atoms with Crippen molar-refractivity contribution in [2.45, 2.75) is 13.3 Å². The molecule has 0 radical (unpaired) electrons. The average molecular weight is 265 g/mol. The zero-order valence-corrected chi connectivity index (χ0v) is 10.4. The van der Waals surface area contributed by atoms with Gasteiger partial charge >= 0.3 is 0 Å². The van der Waals surface area contributed by atoms with E-state index in [1.165, 1.54) is 24.4 Å². The van der Waals surface area contributed by atoms with E-state index in [9.17, 15) is 9.18 Å². The highest BCUT2D eigenvalue weighted by molar-refractivity contribution is 6.30. The highest BCUT2D eigenvalue weighted by Crippen LogP contribution is 2.17. The molecule has 0 aliphatic carbocycles. The Morgan fingerprint density at radius 3 is 2.83 bits per heavy atom. The van der Waals surface area contributed by atoms with Crippen LogP contribution in [0.3, 0.4) is 0 Å². The molecule has 0 atom stereocenters. The number of nitrogens with zero attached hydrogens (tertiary/aromatic N) is 2. The maximum absolute atomic E-state index is 13.0. The van der Waals surface area contributed by atoms with Gasteiger partial charge in [0.25, 0.3) is 0 Å². The van der Waals surface area contributed by atoms with Crippen molar-refractivity contribution >= 4 is 17.4 Å². The van der Waals surface area contributed by atoms with Gasteiger partial charge in [0.2, 0.25) is 0 Å². The molecule has 0 saturated heterocycles. The van der Waals surface area contributed by atoms with Crippen LogP contribution in [0.2, 0.25) is 5.02 Å². The number of aryl methyl sites for hydroxylation is 1. The molecule has 0 fully saturated rings. The summed E-state index contributed by atoms with van der Waals surface area (Å²) in [6.45, 7) is 1.71. The molecule has 5 heteroatoms. The van der Waals surface area contributed by atoms with Crippen molar-refractivity contribution in [1.82, 2.24) is 9.97 Å². The van der Waals surface area contributed by atoms with Gasteiger partial charge in [0, 0.05) is 12.6 Å². The first-order valence-electron chi connectivity index (χ1n) is 5.33. The molecule has 0 aliphatic rings. The van der Waals surface area contributed by atoms with Crippen molar-refractivity contribution in [3.05, 3.63) is 58.4 Å². The second-order valence-electron chi connectivity index (χ2n) is 3.84. The molecule has 1 heterocycles. The predicted octanol–water partition coefficient (Wildman–Crippen LogP) is 3.00. The van der Waals surface area contributed by atoms with E-state index in [1.54, 1.807) is 13.0 Å². The number of halogens is 2. The minimum absolute atomic E-state index is 0.0131. The summed E-state index contributed by atoms with van der Waals surface area (Å²) in [6, 6.07) is 5.78. The molecule has 0 unspecified atom stereocenters. The van der Waals surface area contributed by atoms with Crippen LogP contribution in [-0.4, -0.2) is 15.8 Å². The number of carbonyl (C=O) groups is 1. The van der Waals surface area contributed by atoms with Crippen molar-refractivity contribution in [3.8, 4) is 0 Å². The van der Waals surface area contributed by atoms with Gasteiger partial charge in [0.15, 0.2) is 5.78 Å². The number of hydrogen-bond acceptors (Lipinski definition) is 3. The van der Waals surface area contributed by atoms with Crippen molar-refractivity contribution in [1.29, 1.82) is 0 Å². The van der Waals surface area contributed by atoms with Gasteiger partial charge in [0.05, 0.1) is 5.02 Å². The molecule has 0 saturated carbocycles. The fraction of sp³-hybridized carbons (Fsp3) is 0.154. The smallest absolute Gasteiger partial charge is 0.185 e. The maximum Gasteiger partial charge on any atom is 0.185 e. The topological polar surface area (TPSA) is 42.9 Å². The molecule has 3 nitrogen and oxygen atoms in total. The molecule has 2 rings (SSSR count). The summed E-state index contributed by atoms with van der Waals surface area (Å²) in [4.78, 5) is 19.9. The number of rotatable bonds is 3. The zero-order valence-electron chi connectivity index (χ0n) is 9.65. The second-order valence-corrected chi connectivity index (χ2v) is 4.24. The molecule has 2 aromatic rings. The number of Topliss-reactive ketones (excluding diaryl/α,β-unsaturated/α-hetero) is 1. The summed E-state index contributed by atoms with van der Waals surface area (Å²) in [7, 11) is 0. The fourth-order valence-corrected chi connectivity index (χ4v) is 1.74. The number of carbonyl (C=O) groups excluding carboxylic acids is 1. The lowest BCUT2D eigenvalue weighted by atomic mass is 10.1. The molecule has 92 valence electrons. The molecule has 18 heavy (non-hydrogen) atoms. The molecular weight excluding hydrogens is 255 g/mol. The Labute approximate surface area is 109 Å². The highest BCUT2D eigenvalue weighted by Gasteiger charge is 2.10. The predicted molar refractivity (Wildman–Crippen MR) is 66.2 cm³/mol. The van der Waals surface area contributed by atoms with E-state index in [0.717, 1.165) is 0 Å². The molecule has 1 aromatic carbocycles. The Hall–Kier alpha value is -1.81. The molecule has 0 amide bonds. The van der Waals surface area contributed by atoms with E-state index in [1.807, 2.05) is 0 Å². The van der Waals surface area contributed by atoms with E-state index in [-0.39, 0.29) is 17.2 Å². The number of ketones is 1. The lowest BCUT2D eigenvalue weighted by molar-refractivity contribution is 0.0988. The number of hydrogen-bond donors (Lipinski definition) is 0. The fourth-order valence-electron chi connectivity index (χ4n) is 1.54. The summed E-state index contributed by atoms with van der Waals surface area (Å²) >= 11 is 5.66.